The molecule has 0 aliphatic heterocycles. The van der Waals surface area contributed by atoms with Crippen LogP contribution in [0.15, 0.2) is 24.0 Å². The maximum absolute atomic E-state index is 8.74. The van der Waals surface area contributed by atoms with Crippen molar-refractivity contribution >= 4 is 79.8 Å². The quantitative estimate of drug-likeness (QED) is 0.148. The molecule has 5 N–H and O–H groups in total. The Morgan fingerprint density at radius 3 is 1.82 bits per heavy atom. The molecule has 0 heterocycles. The van der Waals surface area contributed by atoms with Crippen LogP contribution in [0.5, 0.6) is 0 Å². The second-order valence-electron chi connectivity index (χ2n) is 2.44. The second-order valence-corrected chi connectivity index (χ2v) is 6.57. The Balaban J connectivity index is 0.000000437. The topological polar surface area (TPSA) is 113 Å². The number of halogens is 4. The lowest BCUT2D eigenvalue weighted by Crippen LogP contribution is -2.07. The van der Waals surface area contributed by atoms with E-state index < -0.39 is 10.4 Å². The van der Waals surface area contributed by atoms with Crippen LogP contribution in [0.25, 0.3) is 0 Å². The first kappa shape index (κ1) is 17.8. The van der Waals surface area contributed by atoms with Gasteiger partial charge in [-0.1, -0.05) is 0 Å². The zero-order chi connectivity index (χ0) is 13.8. The molecule has 0 aliphatic rings. The van der Waals surface area contributed by atoms with Gasteiger partial charge in [-0.2, -0.15) is 8.42 Å². The van der Waals surface area contributed by atoms with Gasteiger partial charge in [-0.25, -0.2) is 0 Å². The van der Waals surface area contributed by atoms with Crippen LogP contribution in [0.1, 0.15) is 0 Å². The predicted octanol–water partition coefficient (Wildman–Crippen LogP) is 3.37. The average Bonchev–Trinajstić information content (AvgIpc) is 2.18. The predicted molar refractivity (Wildman–Crippen MR) is 79.2 cm³/mol. The molecule has 1 aromatic carbocycles. The van der Waals surface area contributed by atoms with Crippen molar-refractivity contribution < 1.29 is 17.5 Å². The van der Waals surface area contributed by atoms with Crippen molar-refractivity contribution in [1.29, 1.82) is 0 Å². The molecule has 1 aromatic rings. The van der Waals surface area contributed by atoms with Crippen molar-refractivity contribution in [3.8, 4) is 0 Å². The van der Waals surface area contributed by atoms with Crippen molar-refractivity contribution in [2.75, 3.05) is 5.43 Å². The highest BCUT2D eigenvalue weighted by atomic mass is 79.9. The van der Waals surface area contributed by atoms with E-state index in [1.165, 1.54) is 0 Å². The number of nitrogens with one attached hydrogen (secondary N) is 1. The van der Waals surface area contributed by atoms with Gasteiger partial charge in [0.2, 0.25) is 0 Å². The minimum Gasteiger partial charge on any atom is -0.323 e. The highest BCUT2D eigenvalue weighted by Gasteiger charge is 2.10. The molecule has 0 bridgehead atoms. The van der Waals surface area contributed by atoms with Crippen LogP contribution in [0.4, 0.5) is 5.69 Å². The Morgan fingerprint density at radius 2 is 1.47 bits per heavy atom. The van der Waals surface area contributed by atoms with E-state index in [1.54, 1.807) is 0 Å². The molecule has 0 radical (unpaired) electrons. The average molecular weight is 522 g/mol. The molecule has 98 valence electrons. The van der Waals surface area contributed by atoms with E-state index in [4.69, 9.17) is 23.4 Å². The molecule has 17 heavy (non-hydrogen) atoms. The van der Waals surface area contributed by atoms with Crippen molar-refractivity contribution in [1.82, 2.24) is 0 Å². The van der Waals surface area contributed by atoms with Crippen LogP contribution in [0.3, 0.4) is 0 Å². The van der Waals surface area contributed by atoms with E-state index in [2.05, 4.69) is 69.1 Å². The van der Waals surface area contributed by atoms with Crippen LogP contribution < -0.4 is 11.3 Å². The number of hydrogen-bond donors (Lipinski definition) is 4. The van der Waals surface area contributed by atoms with Gasteiger partial charge in [-0.15, -0.1) is 0 Å². The first-order chi connectivity index (χ1) is 7.57. The Labute approximate surface area is 131 Å². The van der Waals surface area contributed by atoms with Gasteiger partial charge in [-0.3, -0.25) is 14.9 Å². The summed E-state index contributed by atoms with van der Waals surface area (Å²) >= 11 is 13.6. The van der Waals surface area contributed by atoms with E-state index >= 15 is 0 Å². The Morgan fingerprint density at radius 1 is 1.06 bits per heavy atom. The highest BCUT2D eigenvalue weighted by molar-refractivity contribution is 9.15. The normalized spacial score (nSPS) is 10.5. The third kappa shape index (κ3) is 7.06. The molecule has 0 amide bonds. The molecule has 1 rings (SSSR count). The fourth-order valence-corrected chi connectivity index (χ4v) is 2.80. The monoisotopic (exact) mass is 518 g/mol. The Bertz CT molecular complexity index is 499. The molecule has 0 unspecified atom stereocenters. The lowest BCUT2D eigenvalue weighted by Gasteiger charge is -2.08. The molecule has 0 aliphatic carbocycles. The number of anilines is 1. The summed E-state index contributed by atoms with van der Waals surface area (Å²) in [5.74, 6) is 5.30. The number of benzene rings is 1. The minimum absolute atomic E-state index is 0.817. The molecule has 0 atom stereocenters. The number of nitrogen functional groups attached to an aromatic ring is 1. The van der Waals surface area contributed by atoms with Gasteiger partial charge in [-0.05, 0) is 69.8 Å². The second kappa shape index (κ2) is 7.38. The lowest BCUT2D eigenvalue weighted by atomic mass is 10.3. The minimum atomic E-state index is -4.67. The molecule has 0 fully saturated rings. The van der Waals surface area contributed by atoms with Gasteiger partial charge in [0.15, 0.2) is 0 Å². The summed E-state index contributed by atoms with van der Waals surface area (Å²) in [5, 5.41) is 0. The molecular formula is C6H6Br4N2O4S. The fourth-order valence-electron chi connectivity index (χ4n) is 0.678. The van der Waals surface area contributed by atoms with Gasteiger partial charge in [0.05, 0.1) is 10.2 Å². The molecule has 0 spiro atoms. The number of hydrogen-bond acceptors (Lipinski definition) is 4. The van der Waals surface area contributed by atoms with Crippen LogP contribution in [0, 0.1) is 0 Å². The van der Waals surface area contributed by atoms with Crippen molar-refractivity contribution in [3.63, 3.8) is 0 Å². The third-order valence-electron chi connectivity index (χ3n) is 1.26. The molecule has 11 heteroatoms. The Kier molecular flexibility index (Phi) is 7.72. The number of nitrogens with two attached hydrogens (primary N) is 1. The summed E-state index contributed by atoms with van der Waals surface area (Å²) in [6.45, 7) is 0. The zero-order valence-corrected chi connectivity index (χ0v) is 14.9. The van der Waals surface area contributed by atoms with E-state index in [0.29, 0.717) is 0 Å². The third-order valence-corrected chi connectivity index (χ3v) is 5.92. The van der Waals surface area contributed by atoms with E-state index in [-0.39, 0.29) is 0 Å². The summed E-state index contributed by atoms with van der Waals surface area (Å²) in [7, 11) is -4.67. The zero-order valence-electron chi connectivity index (χ0n) is 7.79. The standard InChI is InChI=1S/C6H4Br4N2.H2O4S/c7-2-1-3(12-11)5(9)6(10)4(2)8;1-5(2,3)4/h1,12H,11H2;(H2,1,2,3,4). The smallest absolute Gasteiger partial charge is 0.323 e. The number of hydrazine groups is 1. The van der Waals surface area contributed by atoms with Crippen LogP contribution in [0.2, 0.25) is 0 Å². The van der Waals surface area contributed by atoms with Gasteiger partial charge >= 0.3 is 10.4 Å². The highest BCUT2D eigenvalue weighted by Crippen LogP contribution is 2.40. The maximum atomic E-state index is 8.74. The molecule has 0 saturated carbocycles. The summed E-state index contributed by atoms with van der Waals surface area (Å²) in [6.07, 6.45) is 0. The summed E-state index contributed by atoms with van der Waals surface area (Å²) in [6, 6.07) is 1.87. The van der Waals surface area contributed by atoms with Crippen LogP contribution >= 0.6 is 63.7 Å². The van der Waals surface area contributed by atoms with Gasteiger partial charge in [0.1, 0.15) is 0 Å². The first-order valence-corrected chi connectivity index (χ1v) is 8.14. The van der Waals surface area contributed by atoms with Gasteiger partial charge in [0, 0.05) is 13.4 Å². The molecule has 6 nitrogen and oxygen atoms in total. The Hall–Kier alpha value is 0.770. The summed E-state index contributed by atoms with van der Waals surface area (Å²) in [4.78, 5) is 0. The molecule has 0 aromatic heterocycles. The largest absolute Gasteiger partial charge is 0.394 e. The van der Waals surface area contributed by atoms with E-state index in [1.807, 2.05) is 6.07 Å². The summed E-state index contributed by atoms with van der Waals surface area (Å²) < 4.78 is 35.3. The maximum Gasteiger partial charge on any atom is 0.394 e. The lowest BCUT2D eigenvalue weighted by molar-refractivity contribution is 0.381. The van der Waals surface area contributed by atoms with Crippen molar-refractivity contribution in [2.45, 2.75) is 0 Å². The first-order valence-electron chi connectivity index (χ1n) is 3.57. The van der Waals surface area contributed by atoms with Crippen molar-refractivity contribution in [3.05, 3.63) is 24.0 Å². The molecule has 0 saturated heterocycles. The van der Waals surface area contributed by atoms with Gasteiger partial charge in [0.25, 0.3) is 0 Å². The fraction of sp³-hybridized carbons (Fsp3) is 0. The van der Waals surface area contributed by atoms with Crippen LogP contribution in [-0.4, -0.2) is 17.5 Å². The molecular weight excluding hydrogens is 516 g/mol. The van der Waals surface area contributed by atoms with E-state index in [9.17, 15) is 0 Å². The van der Waals surface area contributed by atoms with Crippen LogP contribution in [-0.2, 0) is 10.4 Å². The number of rotatable bonds is 1. The SMILES string of the molecule is NNc1cc(Br)c(Br)c(Br)c1Br.O=S(=O)(O)O. The van der Waals surface area contributed by atoms with Crippen molar-refractivity contribution in [2.24, 2.45) is 5.84 Å². The van der Waals surface area contributed by atoms with E-state index in [0.717, 1.165) is 23.6 Å². The van der Waals surface area contributed by atoms with Gasteiger partial charge < -0.3 is 5.43 Å². The summed E-state index contributed by atoms with van der Waals surface area (Å²) in [5.41, 5.74) is 3.39.